The first-order valence-electron chi connectivity index (χ1n) is 3.02. The Morgan fingerprint density at radius 1 is 1.82 bits per heavy atom. The fourth-order valence-corrected chi connectivity index (χ4v) is 1.04. The molecule has 1 rings (SSSR count). The zero-order valence-electron chi connectivity index (χ0n) is 5.89. The van der Waals surface area contributed by atoms with Crippen LogP contribution in [0.5, 0.6) is 0 Å². The van der Waals surface area contributed by atoms with Gasteiger partial charge in [-0.3, -0.25) is 9.89 Å². The minimum Gasteiger partial charge on any atom is -0.481 e. The Kier molecular flexibility index (Phi) is 2.28. The van der Waals surface area contributed by atoms with Crippen LogP contribution in [0.3, 0.4) is 0 Å². The molecule has 0 fully saturated rings. The maximum absolute atomic E-state index is 10.3. The van der Waals surface area contributed by atoms with Gasteiger partial charge >= 0.3 is 5.97 Å². The standard InChI is InChI=1S/C6H7BrN2O2/c1-3-6(7)4(9-8-3)2-5(10)11/h2H2,1H3,(H,8,9)(H,10,11). The highest BCUT2D eigenvalue weighted by Gasteiger charge is 2.09. The molecular formula is C6H7BrN2O2. The highest BCUT2D eigenvalue weighted by Crippen LogP contribution is 2.17. The molecule has 0 spiro atoms. The molecule has 0 aliphatic rings. The molecule has 0 amide bonds. The lowest BCUT2D eigenvalue weighted by Crippen LogP contribution is -2.00. The number of carbonyl (C=O) groups is 1. The zero-order chi connectivity index (χ0) is 8.43. The van der Waals surface area contributed by atoms with Crippen LogP contribution in [0.4, 0.5) is 0 Å². The SMILES string of the molecule is Cc1[nH]nc(CC(=O)O)c1Br. The number of aromatic nitrogens is 2. The minimum atomic E-state index is -0.878. The van der Waals surface area contributed by atoms with Crippen LogP contribution in [-0.2, 0) is 11.2 Å². The molecular weight excluding hydrogens is 212 g/mol. The van der Waals surface area contributed by atoms with E-state index in [2.05, 4.69) is 26.1 Å². The van der Waals surface area contributed by atoms with Crippen LogP contribution in [0.2, 0.25) is 0 Å². The van der Waals surface area contributed by atoms with Crippen LogP contribution < -0.4 is 0 Å². The van der Waals surface area contributed by atoms with E-state index in [0.29, 0.717) is 5.69 Å². The second kappa shape index (κ2) is 3.04. The quantitative estimate of drug-likeness (QED) is 0.782. The van der Waals surface area contributed by atoms with E-state index in [4.69, 9.17) is 5.11 Å². The average molecular weight is 219 g/mol. The Labute approximate surface area is 71.7 Å². The van der Waals surface area contributed by atoms with Gasteiger partial charge in [-0.05, 0) is 22.9 Å². The third-order valence-corrected chi connectivity index (χ3v) is 2.31. The molecule has 0 aliphatic heterocycles. The van der Waals surface area contributed by atoms with Gasteiger partial charge in [-0.1, -0.05) is 0 Å². The summed E-state index contributed by atoms with van der Waals surface area (Å²) in [6.45, 7) is 1.82. The Morgan fingerprint density at radius 2 is 2.45 bits per heavy atom. The maximum atomic E-state index is 10.3. The largest absolute Gasteiger partial charge is 0.481 e. The van der Waals surface area contributed by atoms with E-state index in [1.807, 2.05) is 6.92 Å². The lowest BCUT2D eigenvalue weighted by molar-refractivity contribution is -0.136. The third kappa shape index (κ3) is 1.80. The molecule has 1 heterocycles. The van der Waals surface area contributed by atoms with Gasteiger partial charge in [-0.2, -0.15) is 5.10 Å². The van der Waals surface area contributed by atoms with E-state index in [-0.39, 0.29) is 6.42 Å². The number of rotatable bonds is 2. The van der Waals surface area contributed by atoms with E-state index in [1.165, 1.54) is 0 Å². The molecule has 5 heteroatoms. The fourth-order valence-electron chi connectivity index (χ4n) is 0.726. The Balaban J connectivity index is 2.87. The summed E-state index contributed by atoms with van der Waals surface area (Å²) in [5, 5.41) is 14.9. The summed E-state index contributed by atoms with van der Waals surface area (Å²) in [7, 11) is 0. The van der Waals surface area contributed by atoms with E-state index in [0.717, 1.165) is 10.2 Å². The van der Waals surface area contributed by atoms with E-state index >= 15 is 0 Å². The van der Waals surface area contributed by atoms with Crippen molar-refractivity contribution in [2.45, 2.75) is 13.3 Å². The molecule has 11 heavy (non-hydrogen) atoms. The van der Waals surface area contributed by atoms with Crippen molar-refractivity contribution in [3.8, 4) is 0 Å². The van der Waals surface area contributed by atoms with Crippen LogP contribution >= 0.6 is 15.9 Å². The van der Waals surface area contributed by atoms with Gasteiger partial charge in [0.2, 0.25) is 0 Å². The van der Waals surface area contributed by atoms with Crippen LogP contribution in [0.1, 0.15) is 11.4 Å². The summed E-state index contributed by atoms with van der Waals surface area (Å²) in [6, 6.07) is 0. The predicted octanol–water partition coefficient (Wildman–Crippen LogP) is 1.11. The summed E-state index contributed by atoms with van der Waals surface area (Å²) in [5.41, 5.74) is 1.39. The highest BCUT2D eigenvalue weighted by atomic mass is 79.9. The molecule has 0 aromatic carbocycles. The summed E-state index contributed by atoms with van der Waals surface area (Å²) >= 11 is 3.22. The number of carboxylic acids is 1. The number of aromatic amines is 1. The molecule has 0 saturated carbocycles. The molecule has 0 atom stereocenters. The average Bonchev–Trinajstić information content (AvgIpc) is 2.18. The van der Waals surface area contributed by atoms with Gasteiger partial charge in [0.05, 0.1) is 16.6 Å². The van der Waals surface area contributed by atoms with Crippen molar-refractivity contribution in [1.29, 1.82) is 0 Å². The number of hydrogen-bond donors (Lipinski definition) is 2. The monoisotopic (exact) mass is 218 g/mol. The number of carboxylic acid groups (broad SMARTS) is 1. The van der Waals surface area contributed by atoms with E-state index in [1.54, 1.807) is 0 Å². The molecule has 0 aliphatic carbocycles. The van der Waals surface area contributed by atoms with E-state index < -0.39 is 5.97 Å². The topological polar surface area (TPSA) is 66.0 Å². The van der Waals surface area contributed by atoms with Gasteiger partial charge in [0, 0.05) is 5.69 Å². The van der Waals surface area contributed by atoms with Crippen molar-refractivity contribution >= 4 is 21.9 Å². The van der Waals surface area contributed by atoms with Crippen LogP contribution in [-0.4, -0.2) is 21.3 Å². The van der Waals surface area contributed by atoms with Gasteiger partial charge < -0.3 is 5.11 Å². The molecule has 2 N–H and O–H groups in total. The number of H-pyrrole nitrogens is 1. The minimum absolute atomic E-state index is 0.0507. The first-order valence-corrected chi connectivity index (χ1v) is 3.81. The second-order valence-electron chi connectivity index (χ2n) is 2.18. The smallest absolute Gasteiger partial charge is 0.309 e. The van der Waals surface area contributed by atoms with Gasteiger partial charge in [0.1, 0.15) is 0 Å². The third-order valence-electron chi connectivity index (χ3n) is 1.26. The first-order chi connectivity index (χ1) is 5.11. The summed E-state index contributed by atoms with van der Waals surface area (Å²) < 4.78 is 0.750. The first kappa shape index (κ1) is 8.26. The van der Waals surface area contributed by atoms with E-state index in [9.17, 15) is 4.79 Å². The van der Waals surface area contributed by atoms with Crippen molar-refractivity contribution in [2.75, 3.05) is 0 Å². The molecule has 0 bridgehead atoms. The number of aryl methyl sites for hydroxylation is 1. The van der Waals surface area contributed by atoms with Gasteiger partial charge in [0.25, 0.3) is 0 Å². The van der Waals surface area contributed by atoms with Gasteiger partial charge in [0.15, 0.2) is 0 Å². The molecule has 1 aromatic rings. The fraction of sp³-hybridized carbons (Fsp3) is 0.333. The van der Waals surface area contributed by atoms with Crippen LogP contribution in [0, 0.1) is 6.92 Å². The van der Waals surface area contributed by atoms with Crippen molar-refractivity contribution < 1.29 is 9.90 Å². The predicted molar refractivity (Wildman–Crippen MR) is 42.4 cm³/mol. The van der Waals surface area contributed by atoms with Crippen molar-refractivity contribution in [1.82, 2.24) is 10.2 Å². The van der Waals surface area contributed by atoms with Crippen LogP contribution in [0.25, 0.3) is 0 Å². The van der Waals surface area contributed by atoms with Crippen LogP contribution in [0.15, 0.2) is 4.47 Å². The summed E-state index contributed by atoms with van der Waals surface area (Å²) in [5.74, 6) is -0.878. The Hall–Kier alpha value is -0.840. The molecule has 0 saturated heterocycles. The number of nitrogens with one attached hydrogen (secondary N) is 1. The summed E-state index contributed by atoms with van der Waals surface area (Å²) in [4.78, 5) is 10.3. The molecule has 0 radical (unpaired) electrons. The normalized spacial score (nSPS) is 10.0. The second-order valence-corrected chi connectivity index (χ2v) is 2.97. The number of aliphatic carboxylic acids is 1. The molecule has 60 valence electrons. The molecule has 4 nitrogen and oxygen atoms in total. The molecule has 1 aromatic heterocycles. The summed E-state index contributed by atoms with van der Waals surface area (Å²) in [6.07, 6.45) is -0.0507. The highest BCUT2D eigenvalue weighted by molar-refractivity contribution is 9.10. The van der Waals surface area contributed by atoms with Gasteiger partial charge in [-0.25, -0.2) is 0 Å². The lowest BCUT2D eigenvalue weighted by atomic mass is 10.3. The van der Waals surface area contributed by atoms with Crippen molar-refractivity contribution in [3.63, 3.8) is 0 Å². The Bertz CT molecular complexity index is 282. The Morgan fingerprint density at radius 3 is 2.82 bits per heavy atom. The van der Waals surface area contributed by atoms with Crippen molar-refractivity contribution in [2.24, 2.45) is 0 Å². The maximum Gasteiger partial charge on any atom is 0.309 e. The number of halogens is 1. The lowest BCUT2D eigenvalue weighted by Gasteiger charge is -1.89. The van der Waals surface area contributed by atoms with Gasteiger partial charge in [-0.15, -0.1) is 0 Å². The van der Waals surface area contributed by atoms with Crippen molar-refractivity contribution in [3.05, 3.63) is 15.9 Å². The number of nitrogens with zero attached hydrogens (tertiary/aromatic N) is 1. The zero-order valence-corrected chi connectivity index (χ0v) is 7.47. The molecule has 0 unspecified atom stereocenters. The number of hydrogen-bond acceptors (Lipinski definition) is 2.